The first-order chi connectivity index (χ1) is 7.80. The van der Waals surface area contributed by atoms with Gasteiger partial charge in [0.1, 0.15) is 5.75 Å². The molecular formula is C14H23NO. The molecule has 2 nitrogen and oxygen atoms in total. The van der Waals surface area contributed by atoms with Gasteiger partial charge in [-0.15, -0.1) is 0 Å². The maximum absolute atomic E-state index is 5.21. The van der Waals surface area contributed by atoms with Gasteiger partial charge >= 0.3 is 0 Å². The molecule has 1 aromatic carbocycles. The Bertz CT molecular complexity index is 295. The first kappa shape index (κ1) is 13.0. The van der Waals surface area contributed by atoms with Crippen molar-refractivity contribution in [1.29, 1.82) is 0 Å². The summed E-state index contributed by atoms with van der Waals surface area (Å²) in [5, 5.41) is 3.34. The number of hydrogen-bond acceptors (Lipinski definition) is 2. The summed E-state index contributed by atoms with van der Waals surface area (Å²) in [7, 11) is 3.76. The largest absolute Gasteiger partial charge is 0.497 e. The van der Waals surface area contributed by atoms with Crippen LogP contribution in [0.1, 0.15) is 31.7 Å². The van der Waals surface area contributed by atoms with E-state index in [0.717, 1.165) is 12.2 Å². The summed E-state index contributed by atoms with van der Waals surface area (Å²) in [6.07, 6.45) is 4.81. The monoisotopic (exact) mass is 221 g/mol. The predicted octanol–water partition coefficient (Wildman–Crippen LogP) is 3.02. The summed E-state index contributed by atoms with van der Waals surface area (Å²) in [4.78, 5) is 0. The smallest absolute Gasteiger partial charge is 0.119 e. The van der Waals surface area contributed by atoms with Gasteiger partial charge in [-0.2, -0.15) is 0 Å². The average Bonchev–Trinajstić information content (AvgIpc) is 2.35. The molecule has 1 unspecified atom stereocenters. The molecule has 1 atom stereocenters. The Morgan fingerprint density at radius 3 is 2.81 bits per heavy atom. The van der Waals surface area contributed by atoms with Gasteiger partial charge in [0.2, 0.25) is 0 Å². The molecule has 0 radical (unpaired) electrons. The van der Waals surface area contributed by atoms with Crippen molar-refractivity contribution in [2.24, 2.45) is 0 Å². The lowest BCUT2D eigenvalue weighted by Gasteiger charge is -2.13. The molecule has 16 heavy (non-hydrogen) atoms. The van der Waals surface area contributed by atoms with E-state index in [1.54, 1.807) is 7.11 Å². The minimum Gasteiger partial charge on any atom is -0.497 e. The van der Waals surface area contributed by atoms with Crippen molar-refractivity contribution in [3.05, 3.63) is 29.8 Å². The number of hydrogen-bond donors (Lipinski definition) is 1. The van der Waals surface area contributed by atoms with Crippen LogP contribution in [0.5, 0.6) is 5.75 Å². The van der Waals surface area contributed by atoms with Gasteiger partial charge in [-0.25, -0.2) is 0 Å². The lowest BCUT2D eigenvalue weighted by molar-refractivity contribution is 0.414. The zero-order valence-corrected chi connectivity index (χ0v) is 10.6. The summed E-state index contributed by atoms with van der Waals surface area (Å²) in [5.74, 6) is 0.957. The highest BCUT2D eigenvalue weighted by Gasteiger charge is 2.02. The SMILES string of the molecule is CCC(CCCc1cccc(OC)c1)NC. The van der Waals surface area contributed by atoms with Crippen molar-refractivity contribution < 1.29 is 4.74 Å². The summed E-state index contributed by atoms with van der Waals surface area (Å²) < 4.78 is 5.21. The quantitative estimate of drug-likeness (QED) is 0.764. The number of aryl methyl sites for hydroxylation is 1. The number of benzene rings is 1. The number of methoxy groups -OCH3 is 1. The topological polar surface area (TPSA) is 21.3 Å². The molecule has 0 saturated carbocycles. The van der Waals surface area contributed by atoms with E-state index in [1.165, 1.54) is 24.8 Å². The molecule has 90 valence electrons. The standard InChI is InChI=1S/C14H23NO/c1-4-13(15-2)9-5-7-12-8-6-10-14(11-12)16-3/h6,8,10-11,13,15H,4-5,7,9H2,1-3H3. The Labute approximate surface area is 99.0 Å². The molecule has 0 saturated heterocycles. The Kier molecular flexibility index (Phi) is 5.94. The van der Waals surface area contributed by atoms with Gasteiger partial charge in [0.25, 0.3) is 0 Å². The summed E-state index contributed by atoms with van der Waals surface area (Å²) in [6.45, 7) is 2.23. The average molecular weight is 221 g/mol. The zero-order chi connectivity index (χ0) is 11.8. The van der Waals surface area contributed by atoms with Crippen LogP contribution >= 0.6 is 0 Å². The van der Waals surface area contributed by atoms with E-state index in [2.05, 4.69) is 30.4 Å². The second-order valence-electron chi connectivity index (χ2n) is 4.14. The number of nitrogens with one attached hydrogen (secondary N) is 1. The molecule has 0 fully saturated rings. The number of ether oxygens (including phenoxy) is 1. The highest BCUT2D eigenvalue weighted by atomic mass is 16.5. The molecule has 0 aliphatic carbocycles. The minimum absolute atomic E-state index is 0.658. The molecule has 0 aromatic heterocycles. The van der Waals surface area contributed by atoms with Crippen LogP contribution in [0.3, 0.4) is 0 Å². The molecule has 1 N–H and O–H groups in total. The first-order valence-corrected chi connectivity index (χ1v) is 6.10. The van der Waals surface area contributed by atoms with E-state index in [9.17, 15) is 0 Å². The summed E-state index contributed by atoms with van der Waals surface area (Å²) in [6, 6.07) is 9.00. The first-order valence-electron chi connectivity index (χ1n) is 6.10. The van der Waals surface area contributed by atoms with Gasteiger partial charge in [-0.05, 0) is 50.4 Å². The van der Waals surface area contributed by atoms with E-state index < -0.39 is 0 Å². The van der Waals surface area contributed by atoms with Gasteiger partial charge in [-0.1, -0.05) is 19.1 Å². The van der Waals surface area contributed by atoms with Crippen LogP contribution in [0.25, 0.3) is 0 Å². The Morgan fingerprint density at radius 2 is 2.19 bits per heavy atom. The lowest BCUT2D eigenvalue weighted by atomic mass is 10.0. The fraction of sp³-hybridized carbons (Fsp3) is 0.571. The molecule has 0 aliphatic rings. The molecule has 1 rings (SSSR count). The molecule has 0 amide bonds. The Morgan fingerprint density at radius 1 is 1.38 bits per heavy atom. The zero-order valence-electron chi connectivity index (χ0n) is 10.6. The van der Waals surface area contributed by atoms with Crippen LogP contribution < -0.4 is 10.1 Å². The van der Waals surface area contributed by atoms with Gasteiger partial charge in [-0.3, -0.25) is 0 Å². The molecule has 2 heteroatoms. The number of rotatable bonds is 7. The highest BCUT2D eigenvalue weighted by molar-refractivity contribution is 5.28. The van der Waals surface area contributed by atoms with Gasteiger partial charge in [0, 0.05) is 6.04 Å². The molecule has 0 spiro atoms. The molecule has 0 aliphatic heterocycles. The normalized spacial score (nSPS) is 12.4. The van der Waals surface area contributed by atoms with Crippen molar-refractivity contribution in [2.75, 3.05) is 14.2 Å². The van der Waals surface area contributed by atoms with Crippen molar-refractivity contribution in [3.8, 4) is 5.75 Å². The van der Waals surface area contributed by atoms with E-state index in [4.69, 9.17) is 4.74 Å². The van der Waals surface area contributed by atoms with Crippen molar-refractivity contribution in [3.63, 3.8) is 0 Å². The van der Waals surface area contributed by atoms with Crippen LogP contribution in [-0.2, 0) is 6.42 Å². The lowest BCUT2D eigenvalue weighted by Crippen LogP contribution is -2.23. The summed E-state index contributed by atoms with van der Waals surface area (Å²) >= 11 is 0. The highest BCUT2D eigenvalue weighted by Crippen LogP contribution is 2.15. The second kappa shape index (κ2) is 7.29. The third-order valence-corrected chi connectivity index (χ3v) is 3.05. The predicted molar refractivity (Wildman–Crippen MR) is 69.1 cm³/mol. The fourth-order valence-corrected chi connectivity index (χ4v) is 1.93. The van der Waals surface area contributed by atoms with E-state index in [0.29, 0.717) is 6.04 Å². The van der Waals surface area contributed by atoms with Crippen LogP contribution in [0.15, 0.2) is 24.3 Å². The van der Waals surface area contributed by atoms with Gasteiger partial charge in [0.05, 0.1) is 7.11 Å². The van der Waals surface area contributed by atoms with E-state index >= 15 is 0 Å². The van der Waals surface area contributed by atoms with E-state index in [1.807, 2.05) is 13.1 Å². The van der Waals surface area contributed by atoms with Crippen LogP contribution in [0.4, 0.5) is 0 Å². The van der Waals surface area contributed by atoms with Crippen molar-refractivity contribution in [2.45, 2.75) is 38.6 Å². The van der Waals surface area contributed by atoms with E-state index in [-0.39, 0.29) is 0 Å². The second-order valence-corrected chi connectivity index (χ2v) is 4.14. The Hall–Kier alpha value is -1.02. The summed E-state index contributed by atoms with van der Waals surface area (Å²) in [5.41, 5.74) is 1.37. The Balaban J connectivity index is 2.36. The third-order valence-electron chi connectivity index (χ3n) is 3.05. The molecular weight excluding hydrogens is 198 g/mol. The molecule has 0 bridgehead atoms. The van der Waals surface area contributed by atoms with Gasteiger partial charge < -0.3 is 10.1 Å². The minimum atomic E-state index is 0.658. The third kappa shape index (κ3) is 4.23. The van der Waals surface area contributed by atoms with Crippen LogP contribution in [0, 0.1) is 0 Å². The van der Waals surface area contributed by atoms with Gasteiger partial charge in [0.15, 0.2) is 0 Å². The van der Waals surface area contributed by atoms with Crippen LogP contribution in [0.2, 0.25) is 0 Å². The molecule has 1 aromatic rings. The maximum atomic E-state index is 5.21. The fourth-order valence-electron chi connectivity index (χ4n) is 1.93. The van der Waals surface area contributed by atoms with Crippen molar-refractivity contribution >= 4 is 0 Å². The molecule has 0 heterocycles. The van der Waals surface area contributed by atoms with Crippen LogP contribution in [-0.4, -0.2) is 20.2 Å². The van der Waals surface area contributed by atoms with Crippen molar-refractivity contribution in [1.82, 2.24) is 5.32 Å². The maximum Gasteiger partial charge on any atom is 0.119 e.